The van der Waals surface area contributed by atoms with Crippen LogP contribution < -0.4 is 18.9 Å². The van der Waals surface area contributed by atoms with E-state index in [9.17, 15) is 0 Å². The lowest BCUT2D eigenvalue weighted by Gasteiger charge is -2.19. The third-order valence-electron chi connectivity index (χ3n) is 5.53. The normalized spacial score (nSPS) is 11.5. The number of fused-ring (bicyclic) bond motifs is 1. The van der Waals surface area contributed by atoms with E-state index in [1.807, 2.05) is 18.2 Å². The van der Waals surface area contributed by atoms with Gasteiger partial charge in [-0.05, 0) is 37.5 Å². The molecule has 0 bridgehead atoms. The van der Waals surface area contributed by atoms with Gasteiger partial charge in [0.05, 0.1) is 44.9 Å². The standard InChI is InChI=1S/C26H39NO5/c1-7-9-10-11-12-13-14-20(27-32-17-8-2)19-18-23(30-5)24-21(28-3)15-16-22(29-4)25(24)26(19)31-6/h15-16,18H,7-14,17H2,1-6H3. The maximum absolute atomic E-state index is 5.92. The average molecular weight is 446 g/mol. The second-order valence-corrected chi connectivity index (χ2v) is 7.77. The largest absolute Gasteiger partial charge is 0.496 e. The van der Waals surface area contributed by atoms with E-state index in [-0.39, 0.29) is 0 Å². The quantitative estimate of drug-likeness (QED) is 0.172. The zero-order chi connectivity index (χ0) is 23.3. The molecular weight excluding hydrogens is 406 g/mol. The molecule has 178 valence electrons. The molecule has 0 aliphatic heterocycles. The molecule has 0 fully saturated rings. The number of hydrogen-bond donors (Lipinski definition) is 0. The van der Waals surface area contributed by atoms with Gasteiger partial charge in [0.15, 0.2) is 0 Å². The van der Waals surface area contributed by atoms with E-state index >= 15 is 0 Å². The molecule has 0 atom stereocenters. The molecule has 0 spiro atoms. The van der Waals surface area contributed by atoms with Gasteiger partial charge in [-0.2, -0.15) is 0 Å². The summed E-state index contributed by atoms with van der Waals surface area (Å²) in [5.41, 5.74) is 1.71. The highest BCUT2D eigenvalue weighted by atomic mass is 16.6. The van der Waals surface area contributed by atoms with Gasteiger partial charge in [-0.1, -0.05) is 51.1 Å². The Hall–Kier alpha value is -2.63. The lowest BCUT2D eigenvalue weighted by molar-refractivity contribution is 0.144. The van der Waals surface area contributed by atoms with E-state index in [0.29, 0.717) is 29.6 Å². The van der Waals surface area contributed by atoms with Gasteiger partial charge in [-0.3, -0.25) is 0 Å². The second kappa shape index (κ2) is 13.7. The van der Waals surface area contributed by atoms with Crippen molar-refractivity contribution in [3.8, 4) is 23.0 Å². The highest BCUT2D eigenvalue weighted by Gasteiger charge is 2.23. The van der Waals surface area contributed by atoms with Gasteiger partial charge in [0.25, 0.3) is 0 Å². The van der Waals surface area contributed by atoms with Crippen molar-refractivity contribution in [2.24, 2.45) is 5.16 Å². The maximum Gasteiger partial charge on any atom is 0.140 e. The highest BCUT2D eigenvalue weighted by Crippen LogP contribution is 2.46. The summed E-state index contributed by atoms with van der Waals surface area (Å²) in [4.78, 5) is 5.62. The van der Waals surface area contributed by atoms with Gasteiger partial charge in [-0.15, -0.1) is 0 Å². The van der Waals surface area contributed by atoms with Gasteiger partial charge in [0.1, 0.15) is 29.6 Å². The molecule has 0 aromatic heterocycles. The number of benzene rings is 2. The van der Waals surface area contributed by atoms with Gasteiger partial charge >= 0.3 is 0 Å². The monoisotopic (exact) mass is 445 g/mol. The van der Waals surface area contributed by atoms with Crippen molar-refractivity contribution in [1.29, 1.82) is 0 Å². The predicted octanol–water partition coefficient (Wildman–Crippen LogP) is 6.76. The molecule has 6 heteroatoms. The Morgan fingerprint density at radius 2 is 1.34 bits per heavy atom. The molecule has 0 saturated heterocycles. The van der Waals surface area contributed by atoms with Crippen LogP contribution in [-0.2, 0) is 4.84 Å². The molecule has 0 aliphatic rings. The van der Waals surface area contributed by atoms with Crippen molar-refractivity contribution in [2.45, 2.75) is 65.2 Å². The molecule has 2 aromatic carbocycles. The summed E-state index contributed by atoms with van der Waals surface area (Å²) in [6, 6.07) is 5.72. The Bertz CT molecular complexity index is 878. The minimum Gasteiger partial charge on any atom is -0.496 e. The smallest absolute Gasteiger partial charge is 0.140 e. The van der Waals surface area contributed by atoms with Gasteiger partial charge < -0.3 is 23.8 Å². The molecule has 0 unspecified atom stereocenters. The van der Waals surface area contributed by atoms with E-state index in [4.69, 9.17) is 23.8 Å². The molecule has 0 amide bonds. The van der Waals surface area contributed by atoms with E-state index in [1.54, 1.807) is 28.4 Å². The van der Waals surface area contributed by atoms with E-state index in [2.05, 4.69) is 19.0 Å². The topological polar surface area (TPSA) is 58.5 Å². The van der Waals surface area contributed by atoms with Crippen LogP contribution in [0.25, 0.3) is 10.8 Å². The minimum atomic E-state index is 0.574. The fraction of sp³-hybridized carbons (Fsp3) is 0.577. The molecule has 0 saturated carbocycles. The van der Waals surface area contributed by atoms with E-state index in [1.165, 1.54) is 25.7 Å². The van der Waals surface area contributed by atoms with Crippen molar-refractivity contribution >= 4 is 16.5 Å². The van der Waals surface area contributed by atoms with E-state index in [0.717, 1.165) is 47.7 Å². The maximum atomic E-state index is 5.92. The molecule has 0 N–H and O–H groups in total. The Labute approximate surface area is 192 Å². The Morgan fingerprint density at radius 3 is 1.94 bits per heavy atom. The van der Waals surface area contributed by atoms with Crippen LogP contribution >= 0.6 is 0 Å². The second-order valence-electron chi connectivity index (χ2n) is 7.77. The van der Waals surface area contributed by atoms with Crippen LogP contribution in [0.4, 0.5) is 0 Å². The molecule has 2 aromatic rings. The number of methoxy groups -OCH3 is 4. The van der Waals surface area contributed by atoms with Crippen LogP contribution in [0, 0.1) is 0 Å². The molecule has 0 heterocycles. The minimum absolute atomic E-state index is 0.574. The summed E-state index contributed by atoms with van der Waals surface area (Å²) < 4.78 is 23.0. The zero-order valence-electron chi connectivity index (χ0n) is 20.6. The predicted molar refractivity (Wildman–Crippen MR) is 131 cm³/mol. The third-order valence-corrected chi connectivity index (χ3v) is 5.53. The molecule has 2 rings (SSSR count). The highest BCUT2D eigenvalue weighted by molar-refractivity contribution is 6.12. The van der Waals surface area contributed by atoms with Crippen molar-refractivity contribution in [1.82, 2.24) is 0 Å². The van der Waals surface area contributed by atoms with Crippen LogP contribution in [0.5, 0.6) is 23.0 Å². The first-order chi connectivity index (χ1) is 15.7. The fourth-order valence-electron chi connectivity index (χ4n) is 3.88. The van der Waals surface area contributed by atoms with Crippen LogP contribution in [0.2, 0.25) is 0 Å². The van der Waals surface area contributed by atoms with Gasteiger partial charge in [-0.25, -0.2) is 0 Å². The first kappa shape index (κ1) is 25.6. The summed E-state index contributed by atoms with van der Waals surface area (Å²) in [5, 5.41) is 6.13. The van der Waals surface area contributed by atoms with Crippen molar-refractivity contribution < 1.29 is 23.8 Å². The third kappa shape index (κ3) is 6.21. The van der Waals surface area contributed by atoms with Crippen molar-refractivity contribution in [2.75, 3.05) is 35.0 Å². The number of nitrogens with zero attached hydrogens (tertiary/aromatic N) is 1. The average Bonchev–Trinajstić information content (AvgIpc) is 2.83. The van der Waals surface area contributed by atoms with Crippen LogP contribution in [0.15, 0.2) is 23.4 Å². The molecule has 32 heavy (non-hydrogen) atoms. The number of unbranched alkanes of at least 4 members (excludes halogenated alkanes) is 5. The first-order valence-corrected chi connectivity index (χ1v) is 11.7. The van der Waals surface area contributed by atoms with Crippen LogP contribution in [0.1, 0.15) is 70.8 Å². The lowest BCUT2D eigenvalue weighted by atomic mass is 9.96. The number of oxime groups is 1. The first-order valence-electron chi connectivity index (χ1n) is 11.7. The van der Waals surface area contributed by atoms with Crippen LogP contribution in [-0.4, -0.2) is 40.8 Å². The number of rotatable bonds is 15. The summed E-state index contributed by atoms with van der Waals surface area (Å²) in [6.45, 7) is 4.88. The summed E-state index contributed by atoms with van der Waals surface area (Å²) in [5.74, 6) is 2.74. The molecule has 6 nitrogen and oxygen atoms in total. The zero-order valence-corrected chi connectivity index (χ0v) is 20.6. The SMILES string of the molecule is CCCCCCCCC(=NOCCC)c1cc(OC)c2c(OC)ccc(OC)c2c1OC. The summed E-state index contributed by atoms with van der Waals surface area (Å²) >= 11 is 0. The van der Waals surface area contributed by atoms with E-state index < -0.39 is 0 Å². The number of hydrogen-bond acceptors (Lipinski definition) is 6. The van der Waals surface area contributed by atoms with Gasteiger partial charge in [0.2, 0.25) is 0 Å². The van der Waals surface area contributed by atoms with Gasteiger partial charge in [0, 0.05) is 5.56 Å². The number of ether oxygens (including phenoxy) is 4. The van der Waals surface area contributed by atoms with Crippen LogP contribution in [0.3, 0.4) is 0 Å². The summed E-state index contributed by atoms with van der Waals surface area (Å²) in [6.07, 6.45) is 8.95. The summed E-state index contributed by atoms with van der Waals surface area (Å²) in [7, 11) is 6.61. The molecule has 0 radical (unpaired) electrons. The fourth-order valence-corrected chi connectivity index (χ4v) is 3.88. The Kier molecular flexibility index (Phi) is 11.0. The Balaban J connectivity index is 2.56. The molecule has 0 aliphatic carbocycles. The lowest BCUT2D eigenvalue weighted by Crippen LogP contribution is -2.08. The van der Waals surface area contributed by atoms with Crippen molar-refractivity contribution in [3.05, 3.63) is 23.8 Å². The molecular formula is C26H39NO5. The Morgan fingerprint density at radius 1 is 0.719 bits per heavy atom. The van der Waals surface area contributed by atoms with Crippen molar-refractivity contribution in [3.63, 3.8) is 0 Å².